The predicted octanol–water partition coefficient (Wildman–Crippen LogP) is 3.74. The van der Waals surface area contributed by atoms with Gasteiger partial charge in [-0.15, -0.1) is 0 Å². The summed E-state index contributed by atoms with van der Waals surface area (Å²) in [6.07, 6.45) is 9.98. The van der Waals surface area contributed by atoms with Gasteiger partial charge < -0.3 is 0 Å². The summed E-state index contributed by atoms with van der Waals surface area (Å²) in [6.45, 7) is 0. The van der Waals surface area contributed by atoms with E-state index >= 15 is 0 Å². The molecular weight excluding hydrogens is 240 g/mol. The van der Waals surface area contributed by atoms with Gasteiger partial charge in [0.25, 0.3) is 0 Å². The van der Waals surface area contributed by atoms with Crippen molar-refractivity contribution in [1.82, 2.24) is 0 Å². The first kappa shape index (κ1) is 13.3. The molecular formula is C12H18S3. The topological polar surface area (TPSA) is 0 Å². The zero-order valence-electron chi connectivity index (χ0n) is 8.82. The monoisotopic (exact) mass is 258 g/mol. The van der Waals surface area contributed by atoms with E-state index < -0.39 is 0 Å². The van der Waals surface area contributed by atoms with Crippen LogP contribution in [-0.2, 0) is 0 Å². The Balaban J connectivity index is 2.77. The van der Waals surface area contributed by atoms with E-state index in [2.05, 4.69) is 56.1 Å². The number of hydrogen-bond acceptors (Lipinski definition) is 3. The summed E-state index contributed by atoms with van der Waals surface area (Å²) in [6, 6.07) is 0. The van der Waals surface area contributed by atoms with Crippen LogP contribution >= 0.6 is 37.9 Å². The van der Waals surface area contributed by atoms with Gasteiger partial charge in [0.05, 0.1) is 0 Å². The Labute approximate surface area is 109 Å². The molecule has 3 heteroatoms. The lowest BCUT2D eigenvalue weighted by Gasteiger charge is -2.21. The van der Waals surface area contributed by atoms with E-state index in [-0.39, 0.29) is 0 Å². The van der Waals surface area contributed by atoms with Crippen molar-refractivity contribution < 1.29 is 0 Å². The molecule has 0 amide bonds. The Bertz CT molecular complexity index is 228. The molecule has 1 saturated carbocycles. The zero-order chi connectivity index (χ0) is 11.1. The molecule has 1 aliphatic rings. The molecule has 1 rings (SSSR count). The summed E-state index contributed by atoms with van der Waals surface area (Å²) in [5, 5.41) is 0. The summed E-state index contributed by atoms with van der Waals surface area (Å²) >= 11 is 12.7. The SMILES string of the molecule is SCC=C1CC(=CCS)CC(=CCS)C1. The highest BCUT2D eigenvalue weighted by atomic mass is 32.1. The van der Waals surface area contributed by atoms with E-state index in [0.29, 0.717) is 0 Å². The minimum atomic E-state index is 0.831. The van der Waals surface area contributed by atoms with E-state index in [9.17, 15) is 0 Å². The number of rotatable bonds is 3. The first-order valence-corrected chi connectivity index (χ1v) is 7.06. The first-order chi connectivity index (χ1) is 7.30. The van der Waals surface area contributed by atoms with E-state index in [1.54, 1.807) is 0 Å². The third-order valence-corrected chi connectivity index (χ3v) is 3.05. The fraction of sp³-hybridized carbons (Fsp3) is 0.500. The predicted molar refractivity (Wildman–Crippen MR) is 79.7 cm³/mol. The minimum absolute atomic E-state index is 0.831. The van der Waals surface area contributed by atoms with Crippen molar-refractivity contribution in [3.8, 4) is 0 Å². The molecule has 1 aliphatic carbocycles. The molecule has 0 aromatic carbocycles. The molecule has 0 heterocycles. The van der Waals surface area contributed by atoms with Gasteiger partial charge in [-0.3, -0.25) is 0 Å². The third kappa shape index (κ3) is 4.75. The standard InChI is InChI=1S/C12H18S3/c13-4-1-10-7-11(2-5-14)9-12(8-10)3-6-15/h1-3,13-15H,4-9H2. The summed E-state index contributed by atoms with van der Waals surface area (Å²) < 4.78 is 0. The molecule has 0 N–H and O–H groups in total. The average Bonchev–Trinajstić information content (AvgIpc) is 2.19. The lowest BCUT2D eigenvalue weighted by atomic mass is 9.86. The van der Waals surface area contributed by atoms with Crippen LogP contribution in [0.3, 0.4) is 0 Å². The molecule has 0 nitrogen and oxygen atoms in total. The molecule has 1 fully saturated rings. The summed E-state index contributed by atoms with van der Waals surface area (Å²) in [5.41, 5.74) is 4.45. The Morgan fingerprint density at radius 3 is 1.13 bits per heavy atom. The van der Waals surface area contributed by atoms with Gasteiger partial charge in [-0.2, -0.15) is 37.9 Å². The van der Waals surface area contributed by atoms with Crippen molar-refractivity contribution in [1.29, 1.82) is 0 Å². The highest BCUT2D eigenvalue weighted by molar-refractivity contribution is 7.80. The fourth-order valence-electron chi connectivity index (χ4n) is 1.88. The van der Waals surface area contributed by atoms with Gasteiger partial charge >= 0.3 is 0 Å². The van der Waals surface area contributed by atoms with Gasteiger partial charge in [-0.1, -0.05) is 34.9 Å². The molecule has 84 valence electrons. The first-order valence-electron chi connectivity index (χ1n) is 5.16. The maximum atomic E-state index is 4.25. The van der Waals surface area contributed by atoms with E-state index in [1.807, 2.05) is 0 Å². The Kier molecular flexibility index (Phi) is 6.69. The van der Waals surface area contributed by atoms with Crippen LogP contribution < -0.4 is 0 Å². The minimum Gasteiger partial charge on any atom is -0.175 e. The van der Waals surface area contributed by atoms with Crippen LogP contribution in [0.4, 0.5) is 0 Å². The highest BCUT2D eigenvalue weighted by Gasteiger charge is 2.13. The smallest absolute Gasteiger partial charge is 0.00854 e. The van der Waals surface area contributed by atoms with Gasteiger partial charge in [0, 0.05) is 17.3 Å². The molecule has 0 saturated heterocycles. The lowest BCUT2D eigenvalue weighted by Crippen LogP contribution is -2.02. The van der Waals surface area contributed by atoms with Crippen molar-refractivity contribution in [3.05, 3.63) is 34.9 Å². The summed E-state index contributed by atoms with van der Waals surface area (Å²) in [4.78, 5) is 0. The Morgan fingerprint density at radius 2 is 0.933 bits per heavy atom. The summed E-state index contributed by atoms with van der Waals surface area (Å²) in [5.74, 6) is 2.49. The molecule has 0 atom stereocenters. The fourth-order valence-corrected chi connectivity index (χ4v) is 2.66. The van der Waals surface area contributed by atoms with E-state index in [1.165, 1.54) is 16.7 Å². The van der Waals surface area contributed by atoms with Gasteiger partial charge in [0.2, 0.25) is 0 Å². The molecule has 15 heavy (non-hydrogen) atoms. The van der Waals surface area contributed by atoms with Crippen molar-refractivity contribution in [2.75, 3.05) is 17.3 Å². The Hall–Kier alpha value is 0.270. The van der Waals surface area contributed by atoms with E-state index in [4.69, 9.17) is 0 Å². The maximum absolute atomic E-state index is 4.25. The number of hydrogen-bond donors (Lipinski definition) is 3. The number of allylic oxidation sites excluding steroid dienone is 3. The van der Waals surface area contributed by atoms with Crippen molar-refractivity contribution in [2.45, 2.75) is 19.3 Å². The molecule has 0 radical (unpaired) electrons. The van der Waals surface area contributed by atoms with E-state index in [0.717, 1.165) is 36.5 Å². The molecule has 0 unspecified atom stereocenters. The summed E-state index contributed by atoms with van der Waals surface area (Å²) in [7, 11) is 0. The quantitative estimate of drug-likeness (QED) is 0.498. The Morgan fingerprint density at radius 1 is 0.667 bits per heavy atom. The molecule has 0 spiro atoms. The van der Waals surface area contributed by atoms with Crippen LogP contribution in [-0.4, -0.2) is 17.3 Å². The van der Waals surface area contributed by atoms with Crippen LogP contribution in [0, 0.1) is 0 Å². The second-order valence-electron chi connectivity index (χ2n) is 3.67. The average molecular weight is 258 g/mol. The van der Waals surface area contributed by atoms with Gasteiger partial charge in [0.15, 0.2) is 0 Å². The maximum Gasteiger partial charge on any atom is 0.00854 e. The molecule has 0 aromatic heterocycles. The molecule has 0 bridgehead atoms. The lowest BCUT2D eigenvalue weighted by molar-refractivity contribution is 0.853. The van der Waals surface area contributed by atoms with Crippen molar-refractivity contribution in [2.24, 2.45) is 0 Å². The second kappa shape index (κ2) is 7.53. The van der Waals surface area contributed by atoms with Crippen molar-refractivity contribution >= 4 is 37.9 Å². The van der Waals surface area contributed by atoms with Crippen LogP contribution in [0.15, 0.2) is 34.9 Å². The van der Waals surface area contributed by atoms with Gasteiger partial charge in [-0.05, 0) is 19.3 Å². The van der Waals surface area contributed by atoms with Crippen LogP contribution in [0.2, 0.25) is 0 Å². The van der Waals surface area contributed by atoms with Crippen LogP contribution in [0.5, 0.6) is 0 Å². The van der Waals surface area contributed by atoms with Gasteiger partial charge in [-0.25, -0.2) is 0 Å². The zero-order valence-corrected chi connectivity index (χ0v) is 11.5. The normalized spacial score (nSPS) is 16.6. The third-order valence-electron chi connectivity index (χ3n) is 2.50. The molecule has 0 aromatic rings. The largest absolute Gasteiger partial charge is 0.175 e. The number of thiol groups is 3. The van der Waals surface area contributed by atoms with Gasteiger partial charge in [0.1, 0.15) is 0 Å². The van der Waals surface area contributed by atoms with Crippen LogP contribution in [0.25, 0.3) is 0 Å². The van der Waals surface area contributed by atoms with Crippen LogP contribution in [0.1, 0.15) is 19.3 Å². The van der Waals surface area contributed by atoms with Crippen molar-refractivity contribution in [3.63, 3.8) is 0 Å². The molecule has 0 aliphatic heterocycles. The second-order valence-corrected chi connectivity index (χ2v) is 4.76. The highest BCUT2D eigenvalue weighted by Crippen LogP contribution is 2.32.